The highest BCUT2D eigenvalue weighted by atomic mass is 16.2. The summed E-state index contributed by atoms with van der Waals surface area (Å²) in [5.74, 6) is -0.424. The van der Waals surface area contributed by atoms with Crippen LogP contribution in [0.15, 0.2) is 54.6 Å². The van der Waals surface area contributed by atoms with E-state index in [-0.39, 0.29) is 29.6 Å². The van der Waals surface area contributed by atoms with E-state index in [4.69, 9.17) is 0 Å². The fourth-order valence-corrected chi connectivity index (χ4v) is 5.74. The van der Waals surface area contributed by atoms with Crippen LogP contribution in [0, 0.1) is 30.6 Å². The number of likely N-dealkylation sites (tertiary alicyclic amines) is 1. The van der Waals surface area contributed by atoms with Gasteiger partial charge in [0.25, 0.3) is 0 Å². The van der Waals surface area contributed by atoms with Crippen molar-refractivity contribution >= 4 is 23.4 Å². The van der Waals surface area contributed by atoms with Crippen molar-refractivity contribution in [2.24, 2.45) is 23.7 Å². The first-order valence-electron chi connectivity index (χ1n) is 10.8. The zero-order valence-electron chi connectivity index (χ0n) is 17.1. The Morgan fingerprint density at radius 1 is 0.967 bits per heavy atom. The van der Waals surface area contributed by atoms with Gasteiger partial charge in [0.1, 0.15) is 6.04 Å². The molecule has 5 rings (SSSR count). The first-order chi connectivity index (χ1) is 14.5. The van der Waals surface area contributed by atoms with E-state index in [0.717, 1.165) is 30.4 Å². The van der Waals surface area contributed by atoms with Gasteiger partial charge in [0.05, 0.1) is 11.8 Å². The number of imide groups is 1. The molecule has 1 N–H and O–H groups in total. The lowest BCUT2D eigenvalue weighted by Gasteiger charge is -2.27. The SMILES string of the molecule is Cc1ccc(NC(=O)[C@H](Cc2ccccc2)N2C(=O)[C@@H]3[C@H]4CC[C@@H](C4)[C@H]3C2=O)cc1. The molecule has 1 heterocycles. The summed E-state index contributed by atoms with van der Waals surface area (Å²) in [5.41, 5.74) is 2.70. The molecule has 3 amide bonds. The minimum atomic E-state index is -0.835. The van der Waals surface area contributed by atoms with E-state index in [1.807, 2.05) is 61.5 Å². The van der Waals surface area contributed by atoms with Crippen LogP contribution in [0.25, 0.3) is 0 Å². The Bertz CT molecular complexity index is 957. The molecule has 2 aliphatic carbocycles. The van der Waals surface area contributed by atoms with E-state index in [2.05, 4.69) is 5.32 Å². The molecule has 30 heavy (non-hydrogen) atoms. The number of hydrogen-bond donors (Lipinski definition) is 1. The van der Waals surface area contributed by atoms with Gasteiger partial charge in [-0.2, -0.15) is 0 Å². The van der Waals surface area contributed by atoms with Gasteiger partial charge in [0.15, 0.2) is 0 Å². The molecule has 0 unspecified atom stereocenters. The fraction of sp³-hybridized carbons (Fsp3) is 0.400. The second-order valence-electron chi connectivity index (χ2n) is 8.99. The van der Waals surface area contributed by atoms with Crippen molar-refractivity contribution in [1.29, 1.82) is 0 Å². The predicted molar refractivity (Wildman–Crippen MR) is 113 cm³/mol. The maximum atomic E-state index is 13.3. The van der Waals surface area contributed by atoms with Crippen molar-refractivity contribution in [2.75, 3.05) is 5.32 Å². The summed E-state index contributed by atoms with van der Waals surface area (Å²) < 4.78 is 0. The first-order valence-corrected chi connectivity index (χ1v) is 10.8. The summed E-state index contributed by atoms with van der Waals surface area (Å²) in [6.45, 7) is 1.98. The van der Waals surface area contributed by atoms with E-state index < -0.39 is 6.04 Å². The normalized spacial score (nSPS) is 28.0. The lowest BCUT2D eigenvalue weighted by molar-refractivity contribution is -0.147. The van der Waals surface area contributed by atoms with Gasteiger partial charge < -0.3 is 5.32 Å². The molecule has 3 fully saturated rings. The summed E-state index contributed by atoms with van der Waals surface area (Å²) in [5, 5.41) is 2.93. The van der Waals surface area contributed by atoms with Crippen molar-refractivity contribution in [3.63, 3.8) is 0 Å². The molecule has 0 spiro atoms. The zero-order chi connectivity index (χ0) is 20.8. The van der Waals surface area contributed by atoms with Crippen LogP contribution >= 0.6 is 0 Å². The highest BCUT2D eigenvalue weighted by Crippen LogP contribution is 2.56. The Balaban J connectivity index is 1.45. The van der Waals surface area contributed by atoms with Crippen molar-refractivity contribution < 1.29 is 14.4 Å². The van der Waals surface area contributed by atoms with Crippen LogP contribution in [0.3, 0.4) is 0 Å². The molecule has 154 valence electrons. The number of hydrogen-bond acceptors (Lipinski definition) is 3. The molecular formula is C25H26N2O3. The van der Waals surface area contributed by atoms with Gasteiger partial charge >= 0.3 is 0 Å². The average Bonchev–Trinajstić information content (AvgIpc) is 3.43. The molecule has 2 aromatic carbocycles. The molecule has 1 aliphatic heterocycles. The number of nitrogens with zero attached hydrogens (tertiary/aromatic N) is 1. The van der Waals surface area contributed by atoms with Crippen LogP contribution in [0.4, 0.5) is 5.69 Å². The number of nitrogens with one attached hydrogen (secondary N) is 1. The fourth-order valence-electron chi connectivity index (χ4n) is 5.74. The second-order valence-corrected chi connectivity index (χ2v) is 8.99. The van der Waals surface area contributed by atoms with Crippen molar-refractivity contribution in [1.82, 2.24) is 4.90 Å². The number of benzene rings is 2. The largest absolute Gasteiger partial charge is 0.324 e. The van der Waals surface area contributed by atoms with Crippen LogP contribution in [0.1, 0.15) is 30.4 Å². The number of carbonyl (C=O) groups excluding carboxylic acids is 3. The van der Waals surface area contributed by atoms with E-state index in [1.165, 1.54) is 4.90 Å². The molecule has 3 aliphatic rings. The van der Waals surface area contributed by atoms with Crippen LogP contribution in [-0.2, 0) is 20.8 Å². The third-order valence-corrected chi connectivity index (χ3v) is 7.17. The molecule has 2 aromatic rings. The number of rotatable bonds is 5. The molecule has 2 saturated carbocycles. The van der Waals surface area contributed by atoms with Gasteiger partial charge in [-0.25, -0.2) is 0 Å². The standard InChI is InChI=1S/C25H26N2O3/c1-15-7-11-19(12-8-15)26-23(28)20(13-16-5-3-2-4-6-16)27-24(29)21-17-9-10-18(14-17)22(21)25(27)30/h2-8,11-12,17-18,20-22H,9-10,13-14H2,1H3,(H,26,28)/t17-,18-,20-,21+,22+/m0/s1. The topological polar surface area (TPSA) is 66.5 Å². The second kappa shape index (κ2) is 7.38. The van der Waals surface area contributed by atoms with Crippen LogP contribution in [0.2, 0.25) is 0 Å². The first kappa shape index (κ1) is 19.0. The molecule has 2 bridgehead atoms. The van der Waals surface area contributed by atoms with Gasteiger partial charge in [-0.1, -0.05) is 48.0 Å². The average molecular weight is 402 g/mol. The summed E-state index contributed by atoms with van der Waals surface area (Å²) in [4.78, 5) is 41.3. The van der Waals surface area contributed by atoms with Crippen LogP contribution in [-0.4, -0.2) is 28.7 Å². The summed E-state index contributed by atoms with van der Waals surface area (Å²) >= 11 is 0. The Labute approximate surface area is 176 Å². The summed E-state index contributed by atoms with van der Waals surface area (Å²) in [6.07, 6.45) is 3.36. The van der Waals surface area contributed by atoms with Crippen molar-refractivity contribution in [3.05, 3.63) is 65.7 Å². The van der Waals surface area contributed by atoms with Crippen molar-refractivity contribution in [2.45, 2.75) is 38.6 Å². The van der Waals surface area contributed by atoms with E-state index in [9.17, 15) is 14.4 Å². The summed E-state index contributed by atoms with van der Waals surface area (Å²) in [7, 11) is 0. The predicted octanol–water partition coefficient (Wildman–Crippen LogP) is 3.58. The van der Waals surface area contributed by atoms with Gasteiger partial charge in [-0.3, -0.25) is 19.3 Å². The number of carbonyl (C=O) groups is 3. The molecule has 5 nitrogen and oxygen atoms in total. The lowest BCUT2D eigenvalue weighted by atomic mass is 9.81. The maximum Gasteiger partial charge on any atom is 0.248 e. The summed E-state index contributed by atoms with van der Waals surface area (Å²) in [6, 6.07) is 16.3. The third kappa shape index (κ3) is 3.13. The molecular weight excluding hydrogens is 376 g/mol. The number of anilines is 1. The smallest absolute Gasteiger partial charge is 0.248 e. The maximum absolute atomic E-state index is 13.3. The highest BCUT2D eigenvalue weighted by Gasteiger charge is 2.62. The van der Waals surface area contributed by atoms with E-state index >= 15 is 0 Å². The molecule has 5 heteroatoms. The number of amides is 3. The lowest BCUT2D eigenvalue weighted by Crippen LogP contribution is -2.49. The Morgan fingerprint density at radius 2 is 1.57 bits per heavy atom. The van der Waals surface area contributed by atoms with Gasteiger partial charge in [-0.15, -0.1) is 0 Å². The Kier molecular flexibility index (Phi) is 4.69. The molecule has 5 atom stereocenters. The van der Waals surface area contributed by atoms with Gasteiger partial charge in [-0.05, 0) is 55.7 Å². The molecule has 0 aromatic heterocycles. The molecule has 0 radical (unpaired) electrons. The monoisotopic (exact) mass is 402 g/mol. The quantitative estimate of drug-likeness (QED) is 0.778. The van der Waals surface area contributed by atoms with Crippen molar-refractivity contribution in [3.8, 4) is 0 Å². The third-order valence-electron chi connectivity index (χ3n) is 7.17. The van der Waals surface area contributed by atoms with Crippen LogP contribution < -0.4 is 5.32 Å². The zero-order valence-corrected chi connectivity index (χ0v) is 17.1. The Hall–Kier alpha value is -2.95. The van der Waals surface area contributed by atoms with Gasteiger partial charge in [0, 0.05) is 12.1 Å². The number of aryl methyl sites for hydroxylation is 1. The van der Waals surface area contributed by atoms with E-state index in [0.29, 0.717) is 23.9 Å². The minimum absolute atomic E-state index is 0.141. The minimum Gasteiger partial charge on any atom is -0.324 e. The molecule has 1 saturated heterocycles. The Morgan fingerprint density at radius 3 is 2.17 bits per heavy atom. The highest BCUT2D eigenvalue weighted by molar-refractivity contribution is 6.10. The van der Waals surface area contributed by atoms with Crippen LogP contribution in [0.5, 0.6) is 0 Å². The number of fused-ring (bicyclic) bond motifs is 5. The van der Waals surface area contributed by atoms with E-state index in [1.54, 1.807) is 0 Å². The van der Waals surface area contributed by atoms with Gasteiger partial charge in [0.2, 0.25) is 17.7 Å².